The minimum Gasteiger partial charge on any atom is -0.306 e. The Balaban J connectivity index is 0.00000192. The van der Waals surface area contributed by atoms with Crippen LogP contribution in [0.25, 0.3) is 0 Å². The van der Waals surface area contributed by atoms with E-state index in [9.17, 15) is 13.2 Å². The van der Waals surface area contributed by atoms with Crippen LogP contribution in [-0.4, -0.2) is 9.78 Å². The molecule has 0 fully saturated rings. The van der Waals surface area contributed by atoms with Gasteiger partial charge in [-0.3, -0.25) is 4.68 Å². The quantitative estimate of drug-likeness (QED) is 0.910. The fourth-order valence-corrected chi connectivity index (χ4v) is 3.02. The maximum atomic E-state index is 12.7. The van der Waals surface area contributed by atoms with Crippen LogP contribution in [0.1, 0.15) is 41.3 Å². The number of nitrogens with zero attached hydrogens (tertiary/aromatic N) is 2. The van der Waals surface area contributed by atoms with E-state index >= 15 is 0 Å². The van der Waals surface area contributed by atoms with Crippen LogP contribution < -0.4 is 5.32 Å². The highest BCUT2D eigenvalue weighted by atomic mass is 35.5. The standard InChI is InChI=1S/C16H18F3N3.ClH/c1-22-15-7-3-6-14(13(15)10-21-22)20-9-11-4-2-5-12(8-11)16(17,18)19;/h2,4-5,8,10,14,20H,3,6-7,9H2,1H3;1H. The van der Waals surface area contributed by atoms with Crippen molar-refractivity contribution in [3.8, 4) is 0 Å². The van der Waals surface area contributed by atoms with Gasteiger partial charge in [-0.05, 0) is 30.9 Å². The Morgan fingerprint density at radius 2 is 2.13 bits per heavy atom. The van der Waals surface area contributed by atoms with Crippen molar-refractivity contribution in [1.29, 1.82) is 0 Å². The molecule has 1 aliphatic carbocycles. The van der Waals surface area contributed by atoms with Crippen LogP contribution in [0.15, 0.2) is 30.5 Å². The van der Waals surface area contributed by atoms with Gasteiger partial charge in [0.25, 0.3) is 0 Å². The van der Waals surface area contributed by atoms with Crippen molar-refractivity contribution in [3.63, 3.8) is 0 Å². The molecule has 3 rings (SSSR count). The molecule has 0 amide bonds. The molecule has 0 aliphatic heterocycles. The maximum absolute atomic E-state index is 12.7. The minimum atomic E-state index is -4.29. The predicted molar refractivity (Wildman–Crippen MR) is 84.4 cm³/mol. The zero-order valence-electron chi connectivity index (χ0n) is 12.7. The largest absolute Gasteiger partial charge is 0.416 e. The Bertz CT molecular complexity index is 667. The van der Waals surface area contributed by atoms with Crippen LogP contribution in [0.4, 0.5) is 13.2 Å². The highest BCUT2D eigenvalue weighted by molar-refractivity contribution is 5.85. The summed E-state index contributed by atoms with van der Waals surface area (Å²) in [5.41, 5.74) is 2.43. The normalized spacial score (nSPS) is 17.5. The number of aryl methyl sites for hydroxylation is 1. The molecule has 1 aromatic heterocycles. The van der Waals surface area contributed by atoms with Crippen LogP contribution >= 0.6 is 12.4 Å². The summed E-state index contributed by atoms with van der Waals surface area (Å²) in [6.45, 7) is 0.420. The molecule has 126 valence electrons. The van der Waals surface area contributed by atoms with Crippen molar-refractivity contribution in [2.75, 3.05) is 0 Å². The fourth-order valence-electron chi connectivity index (χ4n) is 3.02. The van der Waals surface area contributed by atoms with Gasteiger partial charge in [0.2, 0.25) is 0 Å². The van der Waals surface area contributed by atoms with E-state index in [1.54, 1.807) is 6.07 Å². The number of halogens is 4. The highest BCUT2D eigenvalue weighted by Gasteiger charge is 2.30. The lowest BCUT2D eigenvalue weighted by Gasteiger charge is -2.24. The van der Waals surface area contributed by atoms with E-state index in [2.05, 4.69) is 10.4 Å². The monoisotopic (exact) mass is 345 g/mol. The summed E-state index contributed by atoms with van der Waals surface area (Å²) >= 11 is 0. The third-order valence-corrected chi connectivity index (χ3v) is 4.18. The highest BCUT2D eigenvalue weighted by Crippen LogP contribution is 2.31. The summed E-state index contributed by atoms with van der Waals surface area (Å²) in [5, 5.41) is 7.64. The average molecular weight is 346 g/mol. The number of hydrogen-bond donors (Lipinski definition) is 1. The predicted octanol–water partition coefficient (Wildman–Crippen LogP) is 4.03. The Labute approximate surface area is 139 Å². The fraction of sp³-hybridized carbons (Fsp3) is 0.438. The molecule has 1 atom stereocenters. The maximum Gasteiger partial charge on any atom is 0.416 e. The van der Waals surface area contributed by atoms with Crippen LogP contribution in [0.3, 0.4) is 0 Å². The van der Waals surface area contributed by atoms with Crippen LogP contribution in [0, 0.1) is 0 Å². The summed E-state index contributed by atoms with van der Waals surface area (Å²) in [7, 11) is 1.92. The van der Waals surface area contributed by atoms with Crippen molar-refractivity contribution in [2.24, 2.45) is 7.05 Å². The third kappa shape index (κ3) is 3.87. The number of hydrogen-bond acceptors (Lipinski definition) is 2. The van der Waals surface area contributed by atoms with Crippen LogP contribution in [0.2, 0.25) is 0 Å². The van der Waals surface area contributed by atoms with E-state index in [0.29, 0.717) is 12.1 Å². The summed E-state index contributed by atoms with van der Waals surface area (Å²) in [6.07, 6.45) is 0.619. The van der Waals surface area contributed by atoms with Gasteiger partial charge >= 0.3 is 6.18 Å². The molecular weight excluding hydrogens is 327 g/mol. The van der Waals surface area contributed by atoms with Crippen molar-refractivity contribution in [1.82, 2.24) is 15.1 Å². The number of aromatic nitrogens is 2. The summed E-state index contributed by atoms with van der Waals surface area (Å²) < 4.78 is 40.1. The van der Waals surface area contributed by atoms with E-state index in [-0.39, 0.29) is 18.4 Å². The van der Waals surface area contributed by atoms with Gasteiger partial charge in [-0.25, -0.2) is 0 Å². The molecule has 0 bridgehead atoms. The van der Waals surface area contributed by atoms with E-state index in [1.165, 1.54) is 23.4 Å². The first kappa shape index (κ1) is 17.8. The average Bonchev–Trinajstić information content (AvgIpc) is 2.87. The number of alkyl halides is 3. The van der Waals surface area contributed by atoms with E-state index in [4.69, 9.17) is 0 Å². The second-order valence-electron chi connectivity index (χ2n) is 5.69. The lowest BCUT2D eigenvalue weighted by atomic mass is 9.93. The van der Waals surface area contributed by atoms with Gasteiger partial charge in [0.15, 0.2) is 0 Å². The summed E-state index contributed by atoms with van der Waals surface area (Å²) in [6, 6.07) is 5.64. The van der Waals surface area contributed by atoms with Gasteiger partial charge in [-0.1, -0.05) is 18.2 Å². The molecule has 0 saturated heterocycles. The molecule has 1 aliphatic rings. The third-order valence-electron chi connectivity index (χ3n) is 4.18. The molecule has 23 heavy (non-hydrogen) atoms. The molecule has 1 unspecified atom stereocenters. The second-order valence-corrected chi connectivity index (χ2v) is 5.69. The zero-order valence-corrected chi connectivity index (χ0v) is 13.5. The SMILES string of the molecule is Cl.Cn1ncc2c1CCCC2NCc1cccc(C(F)(F)F)c1. The first-order valence-corrected chi connectivity index (χ1v) is 7.35. The summed E-state index contributed by atoms with van der Waals surface area (Å²) in [5.74, 6) is 0. The van der Waals surface area contributed by atoms with Gasteiger partial charge < -0.3 is 5.32 Å². The second kappa shape index (κ2) is 6.93. The van der Waals surface area contributed by atoms with Crippen LogP contribution in [-0.2, 0) is 26.2 Å². The summed E-state index contributed by atoms with van der Waals surface area (Å²) in [4.78, 5) is 0. The molecule has 1 N–H and O–H groups in total. The molecule has 1 aromatic carbocycles. The Morgan fingerprint density at radius 1 is 1.35 bits per heavy atom. The van der Waals surface area contributed by atoms with Gasteiger partial charge in [0.1, 0.15) is 0 Å². The topological polar surface area (TPSA) is 29.9 Å². The van der Waals surface area contributed by atoms with Gasteiger partial charge in [0, 0.05) is 30.9 Å². The molecular formula is C16H19ClF3N3. The number of nitrogens with one attached hydrogen (secondary N) is 1. The van der Waals surface area contributed by atoms with Crippen molar-refractivity contribution < 1.29 is 13.2 Å². The number of benzene rings is 1. The molecule has 3 nitrogen and oxygen atoms in total. The van der Waals surface area contributed by atoms with Gasteiger partial charge in [-0.15, -0.1) is 12.4 Å². The number of fused-ring (bicyclic) bond motifs is 1. The van der Waals surface area contributed by atoms with Crippen molar-refractivity contribution in [2.45, 2.75) is 38.0 Å². The number of rotatable bonds is 3. The Hall–Kier alpha value is -1.53. The molecule has 1 heterocycles. The molecule has 0 saturated carbocycles. The van der Waals surface area contributed by atoms with Crippen molar-refractivity contribution in [3.05, 3.63) is 52.8 Å². The van der Waals surface area contributed by atoms with Crippen molar-refractivity contribution >= 4 is 12.4 Å². The zero-order chi connectivity index (χ0) is 15.7. The smallest absolute Gasteiger partial charge is 0.306 e. The van der Waals surface area contributed by atoms with E-state index in [1.807, 2.05) is 17.9 Å². The minimum absolute atomic E-state index is 0. The molecule has 2 aromatic rings. The Kier molecular flexibility index (Phi) is 5.37. The van der Waals surface area contributed by atoms with E-state index < -0.39 is 11.7 Å². The molecule has 7 heteroatoms. The van der Waals surface area contributed by atoms with E-state index in [0.717, 1.165) is 25.3 Å². The lowest BCUT2D eigenvalue weighted by Crippen LogP contribution is -2.25. The molecule has 0 radical (unpaired) electrons. The van der Waals surface area contributed by atoms with Crippen LogP contribution in [0.5, 0.6) is 0 Å². The van der Waals surface area contributed by atoms with Gasteiger partial charge in [0.05, 0.1) is 11.8 Å². The Morgan fingerprint density at radius 3 is 2.87 bits per heavy atom. The lowest BCUT2D eigenvalue weighted by molar-refractivity contribution is -0.137. The van der Waals surface area contributed by atoms with Gasteiger partial charge in [-0.2, -0.15) is 18.3 Å². The molecule has 0 spiro atoms. The first-order valence-electron chi connectivity index (χ1n) is 7.35. The first-order chi connectivity index (χ1) is 10.4.